The van der Waals surface area contributed by atoms with Gasteiger partial charge in [-0.1, -0.05) is 42.0 Å². The van der Waals surface area contributed by atoms with E-state index in [1.165, 1.54) is 47.2 Å². The second-order valence-electron chi connectivity index (χ2n) is 7.92. The number of nitrogens with zero attached hydrogens (tertiary/aromatic N) is 1. The topological polar surface area (TPSA) is 123 Å². The number of pyridine rings is 1. The molecule has 3 aromatic rings. The molecule has 8 nitrogen and oxygen atoms in total. The van der Waals surface area contributed by atoms with Crippen LogP contribution in [0.3, 0.4) is 0 Å². The highest BCUT2D eigenvalue weighted by atomic mass is 19.1. The van der Waals surface area contributed by atoms with Gasteiger partial charge in [-0.15, -0.1) is 0 Å². The summed E-state index contributed by atoms with van der Waals surface area (Å²) in [5.41, 5.74) is 1.33. The van der Waals surface area contributed by atoms with Gasteiger partial charge < -0.3 is 14.9 Å². The van der Waals surface area contributed by atoms with Crippen molar-refractivity contribution in [3.05, 3.63) is 111 Å². The van der Waals surface area contributed by atoms with Crippen LogP contribution in [-0.4, -0.2) is 39.1 Å². The van der Waals surface area contributed by atoms with E-state index in [2.05, 4.69) is 0 Å². The van der Waals surface area contributed by atoms with Crippen molar-refractivity contribution in [1.29, 1.82) is 0 Å². The van der Waals surface area contributed by atoms with E-state index in [4.69, 9.17) is 9.84 Å². The minimum atomic E-state index is -1.29. The largest absolute Gasteiger partial charge is 0.493 e. The van der Waals surface area contributed by atoms with Crippen LogP contribution in [0.1, 0.15) is 34.8 Å². The number of carboxylic acids is 2. The lowest BCUT2D eigenvalue weighted by Crippen LogP contribution is -2.25. The molecule has 37 heavy (non-hydrogen) atoms. The smallest absolute Gasteiger partial charge is 0.345 e. The molecule has 2 aromatic carbocycles. The quantitative estimate of drug-likeness (QED) is 0.475. The number of allylic oxidation sites excluding steroid dienone is 3. The van der Waals surface area contributed by atoms with E-state index < -0.39 is 29.1 Å². The predicted octanol–water partition coefficient (Wildman–Crippen LogP) is 4.44. The number of carboxylic acid groups (broad SMARTS) is 2. The number of hydrogen-bond donors (Lipinski definition) is 2. The fourth-order valence-corrected chi connectivity index (χ4v) is 3.59. The molecular formula is C28H24FNO7. The summed E-state index contributed by atoms with van der Waals surface area (Å²) in [6.07, 6.45) is 4.92. The van der Waals surface area contributed by atoms with Crippen molar-refractivity contribution in [2.75, 3.05) is 6.61 Å². The first-order chi connectivity index (χ1) is 17.6. The molecule has 0 unspecified atom stereocenters. The van der Waals surface area contributed by atoms with Crippen LogP contribution in [0.2, 0.25) is 0 Å². The first-order valence-electron chi connectivity index (χ1n) is 11.3. The molecule has 0 fully saturated rings. The van der Waals surface area contributed by atoms with Crippen LogP contribution < -0.4 is 10.3 Å². The molecule has 1 aromatic heterocycles. The average molecular weight is 505 g/mol. The monoisotopic (exact) mass is 505 g/mol. The number of rotatable bonds is 6. The molecule has 0 saturated carbocycles. The summed E-state index contributed by atoms with van der Waals surface area (Å²) in [4.78, 5) is 46.2. The van der Waals surface area contributed by atoms with Gasteiger partial charge >= 0.3 is 11.9 Å². The number of benzene rings is 2. The Morgan fingerprint density at radius 1 is 0.946 bits per heavy atom. The number of halogens is 1. The number of aliphatic carboxylic acids is 1. The highest BCUT2D eigenvalue weighted by Gasteiger charge is 2.24. The minimum Gasteiger partial charge on any atom is -0.493 e. The van der Waals surface area contributed by atoms with Crippen LogP contribution in [0, 0.1) is 12.7 Å². The third-order valence-corrected chi connectivity index (χ3v) is 5.40. The molecule has 2 N–H and O–H groups in total. The van der Waals surface area contributed by atoms with Gasteiger partial charge in [-0.05, 0) is 56.2 Å². The van der Waals surface area contributed by atoms with Crippen molar-refractivity contribution in [1.82, 2.24) is 4.57 Å². The SMILES string of the molecule is CCOc1ccn(-c2ccc(C)cc2)c(=O)c1C(=O)O.O=C(O)C1=CCC=C(c2ccc(F)cc2)C1=O. The molecule has 9 heteroatoms. The van der Waals surface area contributed by atoms with Crippen LogP contribution in [0.15, 0.2) is 83.3 Å². The van der Waals surface area contributed by atoms with Crippen molar-refractivity contribution >= 4 is 23.3 Å². The van der Waals surface area contributed by atoms with Crippen LogP contribution in [0.25, 0.3) is 11.3 Å². The zero-order valence-electron chi connectivity index (χ0n) is 20.1. The Morgan fingerprint density at radius 2 is 1.59 bits per heavy atom. The first kappa shape index (κ1) is 26.8. The van der Waals surface area contributed by atoms with E-state index in [9.17, 15) is 28.7 Å². The van der Waals surface area contributed by atoms with Crippen molar-refractivity contribution in [2.45, 2.75) is 20.3 Å². The van der Waals surface area contributed by atoms with Crippen molar-refractivity contribution < 1.29 is 33.7 Å². The van der Waals surface area contributed by atoms with E-state index in [-0.39, 0.29) is 16.9 Å². The molecule has 0 bridgehead atoms. The van der Waals surface area contributed by atoms with Crippen LogP contribution >= 0.6 is 0 Å². The van der Waals surface area contributed by atoms with Gasteiger partial charge in [0.1, 0.15) is 17.1 Å². The highest BCUT2D eigenvalue weighted by Crippen LogP contribution is 2.24. The lowest BCUT2D eigenvalue weighted by Gasteiger charge is -2.11. The van der Waals surface area contributed by atoms with Gasteiger partial charge in [0.25, 0.3) is 5.56 Å². The van der Waals surface area contributed by atoms with Gasteiger partial charge in [-0.25, -0.2) is 14.0 Å². The number of carbonyl (C=O) groups is 3. The molecule has 1 aliphatic rings. The van der Waals surface area contributed by atoms with Crippen LogP contribution in [-0.2, 0) is 9.59 Å². The van der Waals surface area contributed by atoms with Gasteiger partial charge in [0.2, 0.25) is 0 Å². The molecule has 190 valence electrons. The molecule has 0 radical (unpaired) electrons. The molecule has 1 heterocycles. The van der Waals surface area contributed by atoms with Crippen molar-refractivity contribution in [3.8, 4) is 11.4 Å². The normalized spacial score (nSPS) is 12.6. The van der Waals surface area contributed by atoms with Gasteiger partial charge in [0.05, 0.1) is 6.61 Å². The van der Waals surface area contributed by atoms with Crippen LogP contribution in [0.4, 0.5) is 4.39 Å². The first-order valence-corrected chi connectivity index (χ1v) is 11.3. The van der Waals surface area contributed by atoms with E-state index in [1.54, 1.807) is 25.1 Å². The standard InChI is InChI=1S/C15H15NO4.C13H9FO3/c1-3-20-12-8-9-16(14(17)13(12)15(18)19)11-6-4-10(2)5-7-11;14-9-6-4-8(5-7-9)10-2-1-3-11(12(10)15)13(16)17/h4-9H,3H2,1-2H3,(H,18,19);2-7H,1H2,(H,16,17). The summed E-state index contributed by atoms with van der Waals surface area (Å²) in [6.45, 7) is 3.97. The Balaban J connectivity index is 0.000000208. The molecular weight excluding hydrogens is 481 g/mol. The third kappa shape index (κ3) is 6.26. The fraction of sp³-hybridized carbons (Fsp3) is 0.143. The lowest BCUT2D eigenvalue weighted by molar-refractivity contribution is -0.134. The Hall–Kier alpha value is -4.79. The summed E-state index contributed by atoms with van der Waals surface area (Å²) >= 11 is 0. The summed E-state index contributed by atoms with van der Waals surface area (Å²) in [5, 5.41) is 18.0. The fourth-order valence-electron chi connectivity index (χ4n) is 3.59. The number of aryl methyl sites for hydroxylation is 1. The number of hydrogen-bond acceptors (Lipinski definition) is 5. The molecule has 0 spiro atoms. The van der Waals surface area contributed by atoms with Crippen molar-refractivity contribution in [2.24, 2.45) is 0 Å². The number of carbonyl (C=O) groups excluding carboxylic acids is 1. The Kier molecular flexibility index (Phi) is 8.52. The second-order valence-corrected chi connectivity index (χ2v) is 7.92. The van der Waals surface area contributed by atoms with Gasteiger partial charge in [-0.3, -0.25) is 14.2 Å². The summed E-state index contributed by atoms with van der Waals surface area (Å²) in [7, 11) is 0. The maximum Gasteiger partial charge on any atom is 0.345 e. The number of ether oxygens (including phenoxy) is 1. The maximum atomic E-state index is 12.7. The average Bonchev–Trinajstić information content (AvgIpc) is 2.86. The molecule has 0 amide bonds. The zero-order valence-corrected chi connectivity index (χ0v) is 20.1. The van der Waals surface area contributed by atoms with E-state index in [0.29, 0.717) is 29.9 Å². The number of ketones is 1. The molecule has 0 atom stereocenters. The van der Waals surface area contributed by atoms with Gasteiger partial charge in [0.15, 0.2) is 11.3 Å². The highest BCUT2D eigenvalue weighted by molar-refractivity contribution is 6.37. The lowest BCUT2D eigenvalue weighted by atomic mass is 9.91. The number of aromatic carboxylic acids is 1. The summed E-state index contributed by atoms with van der Waals surface area (Å²) in [6, 6.07) is 14.1. The van der Waals surface area contributed by atoms with Gasteiger partial charge in [-0.2, -0.15) is 0 Å². The molecule has 0 saturated heterocycles. The summed E-state index contributed by atoms with van der Waals surface area (Å²) < 4.78 is 19.2. The zero-order chi connectivity index (χ0) is 27.1. The maximum absolute atomic E-state index is 12.7. The van der Waals surface area contributed by atoms with E-state index in [0.717, 1.165) is 5.56 Å². The summed E-state index contributed by atoms with van der Waals surface area (Å²) in [5.74, 6) is -3.36. The Morgan fingerprint density at radius 3 is 2.16 bits per heavy atom. The van der Waals surface area contributed by atoms with E-state index >= 15 is 0 Å². The Bertz CT molecular complexity index is 1450. The number of aromatic nitrogens is 1. The van der Waals surface area contributed by atoms with Crippen molar-refractivity contribution in [3.63, 3.8) is 0 Å². The molecule has 0 aliphatic heterocycles. The predicted molar refractivity (Wildman–Crippen MR) is 135 cm³/mol. The van der Waals surface area contributed by atoms with Crippen LogP contribution in [0.5, 0.6) is 5.75 Å². The Labute approximate surface area is 211 Å². The second kappa shape index (κ2) is 11.8. The molecule has 1 aliphatic carbocycles. The molecule has 4 rings (SSSR count). The minimum absolute atomic E-state index is 0.0911. The van der Waals surface area contributed by atoms with E-state index in [1.807, 2.05) is 19.1 Å². The third-order valence-electron chi connectivity index (χ3n) is 5.40. The number of Topliss-reactive ketones (excluding diaryl/α,β-unsaturated/α-hetero) is 1. The van der Waals surface area contributed by atoms with Gasteiger partial charge in [0, 0.05) is 17.5 Å².